The molecular formula is C18H31IN4. The number of halogens is 1. The van der Waals surface area contributed by atoms with Gasteiger partial charge in [0, 0.05) is 38.4 Å². The number of para-hydroxylation sites is 1. The highest BCUT2D eigenvalue weighted by molar-refractivity contribution is 14.0. The molecule has 0 aromatic heterocycles. The second-order valence-corrected chi connectivity index (χ2v) is 6.08. The van der Waals surface area contributed by atoms with Gasteiger partial charge >= 0.3 is 0 Å². The van der Waals surface area contributed by atoms with Crippen LogP contribution in [-0.4, -0.2) is 43.6 Å². The third-order valence-electron chi connectivity index (χ3n) is 3.99. The van der Waals surface area contributed by atoms with Gasteiger partial charge < -0.3 is 15.5 Å². The monoisotopic (exact) mass is 430 g/mol. The predicted octanol–water partition coefficient (Wildman–Crippen LogP) is 3.80. The van der Waals surface area contributed by atoms with Gasteiger partial charge in [0.05, 0.1) is 0 Å². The molecule has 0 spiro atoms. The first-order chi connectivity index (χ1) is 10.8. The van der Waals surface area contributed by atoms with Crippen LogP contribution >= 0.6 is 24.0 Å². The predicted molar refractivity (Wildman–Crippen MR) is 111 cm³/mol. The van der Waals surface area contributed by atoms with Gasteiger partial charge in [-0.1, -0.05) is 25.1 Å². The third kappa shape index (κ3) is 7.42. The molecule has 1 atom stereocenters. The van der Waals surface area contributed by atoms with Gasteiger partial charge in [0.2, 0.25) is 0 Å². The van der Waals surface area contributed by atoms with Gasteiger partial charge in [0.1, 0.15) is 0 Å². The Morgan fingerprint density at radius 3 is 2.78 bits per heavy atom. The Morgan fingerprint density at radius 2 is 2.09 bits per heavy atom. The number of aliphatic imine (C=N–C) groups is 1. The molecule has 1 aliphatic rings. The number of hydrogen-bond acceptors (Lipinski definition) is 2. The molecule has 130 valence electrons. The summed E-state index contributed by atoms with van der Waals surface area (Å²) in [7, 11) is 0. The van der Waals surface area contributed by atoms with E-state index in [1.54, 1.807) is 0 Å². The molecule has 1 unspecified atom stereocenters. The van der Waals surface area contributed by atoms with Crippen molar-refractivity contribution in [1.29, 1.82) is 0 Å². The topological polar surface area (TPSA) is 39.7 Å². The zero-order valence-electron chi connectivity index (χ0n) is 14.4. The minimum absolute atomic E-state index is 0. The molecular weight excluding hydrogens is 399 g/mol. The minimum Gasteiger partial charge on any atom is -0.385 e. The highest BCUT2D eigenvalue weighted by atomic mass is 127. The summed E-state index contributed by atoms with van der Waals surface area (Å²) in [5, 5.41) is 6.87. The molecule has 0 saturated carbocycles. The number of rotatable bonds is 6. The summed E-state index contributed by atoms with van der Waals surface area (Å²) in [6.45, 7) is 9.51. The molecule has 5 heteroatoms. The van der Waals surface area contributed by atoms with Gasteiger partial charge in [-0.2, -0.15) is 0 Å². The van der Waals surface area contributed by atoms with Crippen molar-refractivity contribution in [3.8, 4) is 0 Å². The summed E-state index contributed by atoms with van der Waals surface area (Å²) in [5.41, 5.74) is 1.18. The van der Waals surface area contributed by atoms with E-state index in [1.807, 2.05) is 6.07 Å². The molecule has 4 nitrogen and oxygen atoms in total. The van der Waals surface area contributed by atoms with E-state index in [4.69, 9.17) is 4.99 Å². The SMILES string of the molecule is CCNC(=NCCCNc1ccccc1)N1CCCC(C)C1.I. The summed E-state index contributed by atoms with van der Waals surface area (Å²) in [6, 6.07) is 10.4. The van der Waals surface area contributed by atoms with Gasteiger partial charge in [0.15, 0.2) is 5.96 Å². The van der Waals surface area contributed by atoms with Crippen LogP contribution in [0.15, 0.2) is 35.3 Å². The lowest BCUT2D eigenvalue weighted by Crippen LogP contribution is -2.46. The second kappa shape index (κ2) is 11.5. The van der Waals surface area contributed by atoms with Crippen LogP contribution in [0, 0.1) is 5.92 Å². The van der Waals surface area contributed by atoms with Crippen LogP contribution in [0.25, 0.3) is 0 Å². The first-order valence-electron chi connectivity index (χ1n) is 8.61. The van der Waals surface area contributed by atoms with Gasteiger partial charge in [0.25, 0.3) is 0 Å². The van der Waals surface area contributed by atoms with Crippen molar-refractivity contribution in [2.45, 2.75) is 33.1 Å². The fourth-order valence-electron chi connectivity index (χ4n) is 2.86. The number of hydrogen-bond donors (Lipinski definition) is 2. The Morgan fingerprint density at radius 1 is 1.30 bits per heavy atom. The van der Waals surface area contributed by atoms with E-state index in [1.165, 1.54) is 18.5 Å². The highest BCUT2D eigenvalue weighted by Gasteiger charge is 2.18. The summed E-state index contributed by atoms with van der Waals surface area (Å²) in [5.74, 6) is 1.87. The number of nitrogens with one attached hydrogen (secondary N) is 2. The highest BCUT2D eigenvalue weighted by Crippen LogP contribution is 2.15. The summed E-state index contributed by atoms with van der Waals surface area (Å²) in [4.78, 5) is 7.21. The average Bonchev–Trinajstić information content (AvgIpc) is 2.54. The number of likely N-dealkylation sites (tertiary alicyclic amines) is 1. The van der Waals surface area contributed by atoms with E-state index in [2.05, 4.69) is 53.6 Å². The fraction of sp³-hybridized carbons (Fsp3) is 0.611. The lowest BCUT2D eigenvalue weighted by molar-refractivity contribution is 0.266. The summed E-state index contributed by atoms with van der Waals surface area (Å²) >= 11 is 0. The van der Waals surface area contributed by atoms with Gasteiger partial charge in [-0.15, -0.1) is 24.0 Å². The molecule has 2 N–H and O–H groups in total. The average molecular weight is 430 g/mol. The lowest BCUT2D eigenvalue weighted by Gasteiger charge is -2.33. The lowest BCUT2D eigenvalue weighted by atomic mass is 10.0. The molecule has 0 bridgehead atoms. The van der Waals surface area contributed by atoms with Gasteiger partial charge in [-0.25, -0.2) is 0 Å². The van der Waals surface area contributed by atoms with Gasteiger partial charge in [-0.05, 0) is 44.2 Å². The molecule has 0 aliphatic carbocycles. The van der Waals surface area contributed by atoms with Crippen molar-refractivity contribution >= 4 is 35.6 Å². The Bertz CT molecular complexity index is 450. The van der Waals surface area contributed by atoms with Crippen molar-refractivity contribution in [3.05, 3.63) is 30.3 Å². The van der Waals surface area contributed by atoms with Crippen LogP contribution < -0.4 is 10.6 Å². The van der Waals surface area contributed by atoms with Crippen LogP contribution in [0.1, 0.15) is 33.1 Å². The molecule has 1 aromatic carbocycles. The first-order valence-corrected chi connectivity index (χ1v) is 8.61. The Labute approximate surface area is 158 Å². The Hall–Kier alpha value is -0.980. The quantitative estimate of drug-likeness (QED) is 0.312. The standard InChI is InChI=1S/C18H30N4.HI/c1-3-19-18(22-14-7-9-16(2)15-22)21-13-8-12-20-17-10-5-4-6-11-17;/h4-6,10-11,16,20H,3,7-9,12-15H2,1-2H3,(H,19,21);1H. The van der Waals surface area contributed by atoms with Crippen molar-refractivity contribution in [2.24, 2.45) is 10.9 Å². The molecule has 1 saturated heterocycles. The van der Waals surface area contributed by atoms with Crippen LogP contribution in [0.2, 0.25) is 0 Å². The van der Waals surface area contributed by atoms with E-state index >= 15 is 0 Å². The van der Waals surface area contributed by atoms with Crippen molar-refractivity contribution < 1.29 is 0 Å². The zero-order valence-corrected chi connectivity index (χ0v) is 16.8. The van der Waals surface area contributed by atoms with E-state index < -0.39 is 0 Å². The maximum absolute atomic E-state index is 4.79. The Kier molecular flexibility index (Phi) is 10.1. The number of guanidine groups is 1. The second-order valence-electron chi connectivity index (χ2n) is 6.08. The van der Waals surface area contributed by atoms with Crippen LogP contribution in [-0.2, 0) is 0 Å². The molecule has 1 heterocycles. The van der Waals surface area contributed by atoms with Crippen LogP contribution in [0.4, 0.5) is 5.69 Å². The maximum atomic E-state index is 4.79. The first kappa shape index (κ1) is 20.1. The van der Waals surface area contributed by atoms with Crippen molar-refractivity contribution in [1.82, 2.24) is 10.2 Å². The zero-order chi connectivity index (χ0) is 15.6. The van der Waals surface area contributed by atoms with Gasteiger partial charge in [-0.3, -0.25) is 4.99 Å². The van der Waals surface area contributed by atoms with Crippen molar-refractivity contribution in [2.75, 3.05) is 38.0 Å². The largest absolute Gasteiger partial charge is 0.385 e. The number of nitrogens with zero attached hydrogens (tertiary/aromatic N) is 2. The van der Waals surface area contributed by atoms with E-state index in [0.717, 1.165) is 51.0 Å². The minimum atomic E-state index is 0. The van der Waals surface area contributed by atoms with E-state index in [9.17, 15) is 0 Å². The number of benzene rings is 1. The molecule has 1 aliphatic heterocycles. The molecule has 2 rings (SSSR count). The number of anilines is 1. The van der Waals surface area contributed by atoms with E-state index in [-0.39, 0.29) is 24.0 Å². The third-order valence-corrected chi connectivity index (χ3v) is 3.99. The Balaban J connectivity index is 0.00000264. The van der Waals surface area contributed by atoms with E-state index in [0.29, 0.717) is 0 Å². The molecule has 0 radical (unpaired) electrons. The molecule has 1 fully saturated rings. The molecule has 1 aromatic rings. The maximum Gasteiger partial charge on any atom is 0.193 e. The summed E-state index contributed by atoms with van der Waals surface area (Å²) < 4.78 is 0. The molecule has 23 heavy (non-hydrogen) atoms. The number of piperidine rings is 1. The smallest absolute Gasteiger partial charge is 0.193 e. The normalized spacial score (nSPS) is 18.3. The molecule has 0 amide bonds. The van der Waals surface area contributed by atoms with Crippen LogP contribution in [0.5, 0.6) is 0 Å². The summed E-state index contributed by atoms with van der Waals surface area (Å²) in [6.07, 6.45) is 3.67. The fourth-order valence-corrected chi connectivity index (χ4v) is 2.86. The van der Waals surface area contributed by atoms with Crippen LogP contribution in [0.3, 0.4) is 0 Å². The van der Waals surface area contributed by atoms with Crippen molar-refractivity contribution in [3.63, 3.8) is 0 Å².